The van der Waals surface area contributed by atoms with Gasteiger partial charge in [-0.25, -0.2) is 4.99 Å². The highest BCUT2D eigenvalue weighted by molar-refractivity contribution is 6.19. The molecule has 0 aromatic heterocycles. The number of hydrogen-bond acceptors (Lipinski definition) is 4. The van der Waals surface area contributed by atoms with E-state index in [2.05, 4.69) is 4.90 Å². The summed E-state index contributed by atoms with van der Waals surface area (Å²) in [6, 6.07) is 19.8. The average Bonchev–Trinajstić information content (AvgIpc) is 3.04. The van der Waals surface area contributed by atoms with Gasteiger partial charge in [0.25, 0.3) is 5.91 Å². The van der Waals surface area contributed by atoms with Gasteiger partial charge in [-0.2, -0.15) is 0 Å². The summed E-state index contributed by atoms with van der Waals surface area (Å²) in [6.45, 7) is 4.77. The molecule has 0 bridgehead atoms. The molecule has 1 amide bonds. The highest BCUT2D eigenvalue weighted by Crippen LogP contribution is 2.22. The third-order valence-corrected chi connectivity index (χ3v) is 4.82. The molecule has 0 unspecified atom stereocenters. The Morgan fingerprint density at radius 2 is 1.59 bits per heavy atom. The molecular weight excluding hydrogens is 338 g/mol. The molecule has 138 valence electrons. The van der Waals surface area contributed by atoms with Crippen LogP contribution in [-0.2, 0) is 9.53 Å². The summed E-state index contributed by atoms with van der Waals surface area (Å²) < 4.78 is 5.41. The van der Waals surface area contributed by atoms with E-state index in [1.54, 1.807) is 4.90 Å². The molecular formula is C22H23N3O2. The smallest absolute Gasteiger partial charge is 0.278 e. The molecule has 0 radical (unpaired) electrons. The van der Waals surface area contributed by atoms with Crippen LogP contribution >= 0.6 is 0 Å². The fourth-order valence-corrected chi connectivity index (χ4v) is 3.34. The molecule has 5 nitrogen and oxygen atoms in total. The van der Waals surface area contributed by atoms with E-state index >= 15 is 0 Å². The normalized spacial score (nSPS) is 19.6. The summed E-state index contributed by atoms with van der Waals surface area (Å²) in [4.78, 5) is 21.9. The zero-order chi connectivity index (χ0) is 18.5. The second-order valence-corrected chi connectivity index (χ2v) is 6.65. The van der Waals surface area contributed by atoms with Gasteiger partial charge in [-0.15, -0.1) is 0 Å². The first-order valence-corrected chi connectivity index (χ1v) is 9.34. The quantitative estimate of drug-likeness (QED) is 0.769. The van der Waals surface area contributed by atoms with Crippen LogP contribution in [0.1, 0.15) is 11.1 Å². The maximum atomic E-state index is 13.1. The van der Waals surface area contributed by atoms with Gasteiger partial charge in [-0.05, 0) is 11.6 Å². The van der Waals surface area contributed by atoms with Crippen LogP contribution in [0.3, 0.4) is 0 Å². The van der Waals surface area contributed by atoms with Crippen molar-refractivity contribution in [1.82, 2.24) is 9.80 Å². The lowest BCUT2D eigenvalue weighted by Gasteiger charge is -2.28. The van der Waals surface area contributed by atoms with E-state index < -0.39 is 0 Å². The Morgan fingerprint density at radius 1 is 0.926 bits per heavy atom. The lowest BCUT2D eigenvalue weighted by atomic mass is 10.2. The Kier molecular flexibility index (Phi) is 5.42. The highest BCUT2D eigenvalue weighted by atomic mass is 16.5. The van der Waals surface area contributed by atoms with E-state index in [1.165, 1.54) is 0 Å². The Bertz CT molecular complexity index is 840. The van der Waals surface area contributed by atoms with Gasteiger partial charge < -0.3 is 4.74 Å². The van der Waals surface area contributed by atoms with Crippen molar-refractivity contribution in [1.29, 1.82) is 0 Å². The highest BCUT2D eigenvalue weighted by Gasteiger charge is 2.31. The summed E-state index contributed by atoms with van der Waals surface area (Å²) >= 11 is 0. The molecule has 1 fully saturated rings. The predicted octanol–water partition coefficient (Wildman–Crippen LogP) is 2.65. The minimum atomic E-state index is -0.0361. The topological polar surface area (TPSA) is 45.1 Å². The van der Waals surface area contributed by atoms with Crippen molar-refractivity contribution in [3.8, 4) is 0 Å². The van der Waals surface area contributed by atoms with Crippen LogP contribution in [0.25, 0.3) is 6.08 Å². The van der Waals surface area contributed by atoms with Crippen LogP contribution in [0.5, 0.6) is 0 Å². The molecule has 4 rings (SSSR count). The van der Waals surface area contributed by atoms with Gasteiger partial charge in [0.1, 0.15) is 11.5 Å². The Hall–Kier alpha value is -2.76. The molecule has 5 heteroatoms. The molecule has 0 spiro atoms. The number of ether oxygens (including phenoxy) is 1. The number of morpholine rings is 1. The summed E-state index contributed by atoms with van der Waals surface area (Å²) in [5.74, 6) is 0.696. The predicted molar refractivity (Wildman–Crippen MR) is 106 cm³/mol. The molecule has 2 aromatic carbocycles. The summed E-state index contributed by atoms with van der Waals surface area (Å²) in [6.07, 6.45) is 1.86. The molecule has 0 atom stereocenters. The van der Waals surface area contributed by atoms with Crippen LogP contribution in [0.15, 0.2) is 71.4 Å². The largest absolute Gasteiger partial charge is 0.379 e. The molecule has 0 aliphatic carbocycles. The van der Waals surface area contributed by atoms with E-state index in [4.69, 9.17) is 9.73 Å². The number of benzene rings is 2. The molecule has 2 aliphatic rings. The second kappa shape index (κ2) is 8.29. The number of amidine groups is 1. The second-order valence-electron chi connectivity index (χ2n) is 6.65. The fraction of sp³-hybridized carbons (Fsp3) is 0.273. The number of aliphatic imine (C=N–C) groups is 1. The summed E-state index contributed by atoms with van der Waals surface area (Å²) in [7, 11) is 0. The number of nitrogens with zero attached hydrogens (tertiary/aromatic N) is 3. The Morgan fingerprint density at radius 3 is 2.30 bits per heavy atom. The number of carbonyl (C=O) groups is 1. The average molecular weight is 361 g/mol. The van der Waals surface area contributed by atoms with Gasteiger partial charge in [0.2, 0.25) is 0 Å². The first-order valence-electron chi connectivity index (χ1n) is 9.34. The molecule has 27 heavy (non-hydrogen) atoms. The SMILES string of the molecule is O=C1/C(=C\c2ccccc2)N=C(c2ccccc2)N1CCN1CCOCC1. The maximum absolute atomic E-state index is 13.1. The first kappa shape index (κ1) is 17.6. The molecule has 0 saturated carbocycles. The van der Waals surface area contributed by atoms with E-state index in [0.29, 0.717) is 12.2 Å². The summed E-state index contributed by atoms with van der Waals surface area (Å²) in [5, 5.41) is 0. The molecule has 0 N–H and O–H groups in total. The lowest BCUT2D eigenvalue weighted by Crippen LogP contribution is -2.43. The van der Waals surface area contributed by atoms with Crippen molar-refractivity contribution < 1.29 is 9.53 Å². The minimum Gasteiger partial charge on any atom is -0.379 e. The molecule has 2 heterocycles. The van der Waals surface area contributed by atoms with E-state index in [1.807, 2.05) is 66.7 Å². The van der Waals surface area contributed by atoms with Crippen LogP contribution in [0.2, 0.25) is 0 Å². The lowest BCUT2D eigenvalue weighted by molar-refractivity contribution is -0.122. The van der Waals surface area contributed by atoms with Crippen LogP contribution in [0, 0.1) is 0 Å². The van der Waals surface area contributed by atoms with Crippen molar-refractivity contribution in [3.63, 3.8) is 0 Å². The Balaban J connectivity index is 1.59. The van der Waals surface area contributed by atoms with Crippen molar-refractivity contribution in [2.24, 2.45) is 4.99 Å². The molecule has 2 aromatic rings. The number of amides is 1. The Labute approximate surface area is 159 Å². The third-order valence-electron chi connectivity index (χ3n) is 4.82. The van der Waals surface area contributed by atoms with Crippen LogP contribution < -0.4 is 0 Å². The minimum absolute atomic E-state index is 0.0361. The van der Waals surface area contributed by atoms with Crippen LogP contribution in [-0.4, -0.2) is 60.9 Å². The maximum Gasteiger partial charge on any atom is 0.278 e. The van der Waals surface area contributed by atoms with Crippen molar-refractivity contribution in [2.75, 3.05) is 39.4 Å². The van der Waals surface area contributed by atoms with Crippen molar-refractivity contribution >= 4 is 17.8 Å². The zero-order valence-corrected chi connectivity index (χ0v) is 15.3. The van der Waals surface area contributed by atoms with E-state index in [-0.39, 0.29) is 5.91 Å². The van der Waals surface area contributed by atoms with Crippen LogP contribution in [0.4, 0.5) is 0 Å². The van der Waals surface area contributed by atoms with Gasteiger partial charge in [-0.3, -0.25) is 14.6 Å². The number of carbonyl (C=O) groups excluding carboxylic acids is 1. The monoisotopic (exact) mass is 361 g/mol. The van der Waals surface area contributed by atoms with Gasteiger partial charge in [-0.1, -0.05) is 60.7 Å². The first-order chi connectivity index (χ1) is 13.3. The fourth-order valence-electron chi connectivity index (χ4n) is 3.34. The molecule has 1 saturated heterocycles. The van der Waals surface area contributed by atoms with Gasteiger partial charge in [0, 0.05) is 31.7 Å². The summed E-state index contributed by atoms with van der Waals surface area (Å²) in [5.41, 5.74) is 2.43. The van der Waals surface area contributed by atoms with Crippen molar-refractivity contribution in [2.45, 2.75) is 0 Å². The van der Waals surface area contributed by atoms with Gasteiger partial charge >= 0.3 is 0 Å². The van der Waals surface area contributed by atoms with E-state index in [0.717, 1.165) is 49.8 Å². The van der Waals surface area contributed by atoms with Crippen molar-refractivity contribution in [3.05, 3.63) is 77.5 Å². The number of hydrogen-bond donors (Lipinski definition) is 0. The number of rotatable bonds is 5. The zero-order valence-electron chi connectivity index (χ0n) is 15.3. The van der Waals surface area contributed by atoms with E-state index in [9.17, 15) is 4.79 Å². The molecule has 2 aliphatic heterocycles. The van der Waals surface area contributed by atoms with Gasteiger partial charge in [0.15, 0.2) is 0 Å². The van der Waals surface area contributed by atoms with Gasteiger partial charge in [0.05, 0.1) is 13.2 Å². The standard InChI is InChI=1S/C22H23N3O2/c26-22-20(17-18-7-3-1-4-8-18)23-21(19-9-5-2-6-10-19)25(22)12-11-24-13-15-27-16-14-24/h1-10,17H,11-16H2/b20-17+. The third kappa shape index (κ3) is 4.15.